The molecule has 0 amide bonds. The van der Waals surface area contributed by atoms with E-state index in [4.69, 9.17) is 0 Å². The number of rotatable bonds is 6. The maximum absolute atomic E-state index is 11.2. The molecule has 2 heterocycles. The molecule has 2 aromatic rings. The molecule has 2 rings (SSSR count). The molecule has 0 unspecified atom stereocenters. The maximum Gasteiger partial charge on any atom is 0.322 e. The quantitative estimate of drug-likeness (QED) is 0.492. The smallest absolute Gasteiger partial charge is 0.322 e. The summed E-state index contributed by atoms with van der Waals surface area (Å²) in [5.41, 5.74) is 0.215. The fourth-order valence-electron chi connectivity index (χ4n) is 1.58. The number of anilines is 1. The SMILES string of the molecule is CCCNc1nc(C)c([N+](=O)[O-])c(Sc2cnccn2)n1. The molecule has 0 saturated heterocycles. The zero-order valence-electron chi connectivity index (χ0n) is 11.6. The van der Waals surface area contributed by atoms with Crippen LogP contribution in [-0.2, 0) is 0 Å². The van der Waals surface area contributed by atoms with Crippen LogP contribution in [0.1, 0.15) is 19.0 Å². The Hall–Kier alpha value is -2.29. The van der Waals surface area contributed by atoms with Crippen molar-refractivity contribution in [3.63, 3.8) is 0 Å². The van der Waals surface area contributed by atoms with Gasteiger partial charge in [-0.05, 0) is 25.1 Å². The largest absolute Gasteiger partial charge is 0.354 e. The van der Waals surface area contributed by atoms with E-state index in [1.165, 1.54) is 18.6 Å². The first-order chi connectivity index (χ1) is 10.1. The van der Waals surface area contributed by atoms with E-state index in [0.29, 0.717) is 23.2 Å². The van der Waals surface area contributed by atoms with Gasteiger partial charge in [0.15, 0.2) is 5.03 Å². The van der Waals surface area contributed by atoms with Gasteiger partial charge in [0.1, 0.15) is 10.7 Å². The minimum atomic E-state index is -0.475. The molecule has 0 bridgehead atoms. The summed E-state index contributed by atoms with van der Waals surface area (Å²) in [5.74, 6) is 0.381. The number of aryl methyl sites for hydroxylation is 1. The van der Waals surface area contributed by atoms with Crippen LogP contribution in [0.25, 0.3) is 0 Å². The van der Waals surface area contributed by atoms with Gasteiger partial charge in [-0.2, -0.15) is 4.98 Å². The Labute approximate surface area is 125 Å². The first-order valence-electron chi connectivity index (χ1n) is 6.32. The monoisotopic (exact) mass is 306 g/mol. The molecule has 0 radical (unpaired) electrons. The van der Waals surface area contributed by atoms with Gasteiger partial charge in [-0.15, -0.1) is 0 Å². The highest BCUT2D eigenvalue weighted by atomic mass is 32.2. The lowest BCUT2D eigenvalue weighted by Crippen LogP contribution is -2.08. The van der Waals surface area contributed by atoms with E-state index < -0.39 is 4.92 Å². The fraction of sp³-hybridized carbons (Fsp3) is 0.333. The van der Waals surface area contributed by atoms with Crippen molar-refractivity contribution in [2.45, 2.75) is 30.3 Å². The number of hydrogen-bond acceptors (Lipinski definition) is 8. The second-order valence-electron chi connectivity index (χ2n) is 4.12. The minimum Gasteiger partial charge on any atom is -0.354 e. The Morgan fingerprint density at radius 2 is 2.19 bits per heavy atom. The molecule has 9 heteroatoms. The lowest BCUT2D eigenvalue weighted by atomic mass is 10.4. The summed E-state index contributed by atoms with van der Waals surface area (Å²) in [4.78, 5) is 27.1. The van der Waals surface area contributed by atoms with Crippen LogP contribution >= 0.6 is 11.8 Å². The average Bonchev–Trinajstić information content (AvgIpc) is 2.45. The second kappa shape index (κ2) is 6.93. The Kier molecular flexibility index (Phi) is 4.99. The molecular weight excluding hydrogens is 292 g/mol. The molecule has 0 aliphatic carbocycles. The zero-order valence-corrected chi connectivity index (χ0v) is 12.4. The third kappa shape index (κ3) is 3.85. The first kappa shape index (κ1) is 15.1. The van der Waals surface area contributed by atoms with Gasteiger partial charge in [0.25, 0.3) is 0 Å². The van der Waals surface area contributed by atoms with Crippen LogP contribution in [0.3, 0.4) is 0 Å². The van der Waals surface area contributed by atoms with Gasteiger partial charge in [-0.3, -0.25) is 15.1 Å². The molecule has 0 fully saturated rings. The number of nitrogens with zero attached hydrogens (tertiary/aromatic N) is 5. The lowest BCUT2D eigenvalue weighted by Gasteiger charge is -2.07. The van der Waals surface area contributed by atoms with E-state index in [0.717, 1.165) is 18.2 Å². The van der Waals surface area contributed by atoms with E-state index in [2.05, 4.69) is 25.3 Å². The Morgan fingerprint density at radius 1 is 1.38 bits per heavy atom. The average molecular weight is 306 g/mol. The molecule has 0 aliphatic heterocycles. The molecule has 8 nitrogen and oxygen atoms in total. The fourth-order valence-corrected chi connectivity index (χ4v) is 2.45. The van der Waals surface area contributed by atoms with Crippen molar-refractivity contribution >= 4 is 23.4 Å². The molecule has 21 heavy (non-hydrogen) atoms. The topological polar surface area (TPSA) is 107 Å². The minimum absolute atomic E-state index is 0.104. The van der Waals surface area contributed by atoms with E-state index >= 15 is 0 Å². The van der Waals surface area contributed by atoms with Crippen molar-refractivity contribution in [1.82, 2.24) is 19.9 Å². The first-order valence-corrected chi connectivity index (χ1v) is 7.14. The molecule has 0 aliphatic rings. The van der Waals surface area contributed by atoms with E-state index in [9.17, 15) is 10.1 Å². The van der Waals surface area contributed by atoms with Crippen molar-refractivity contribution in [1.29, 1.82) is 0 Å². The van der Waals surface area contributed by atoms with Crippen LogP contribution in [0.2, 0.25) is 0 Å². The highest BCUT2D eigenvalue weighted by Crippen LogP contribution is 2.34. The third-order valence-corrected chi connectivity index (χ3v) is 3.38. The van der Waals surface area contributed by atoms with Crippen LogP contribution in [0.5, 0.6) is 0 Å². The lowest BCUT2D eigenvalue weighted by molar-refractivity contribution is -0.389. The van der Waals surface area contributed by atoms with Gasteiger partial charge in [-0.1, -0.05) is 6.92 Å². The summed E-state index contributed by atoms with van der Waals surface area (Å²) in [6.07, 6.45) is 5.51. The Morgan fingerprint density at radius 3 is 2.81 bits per heavy atom. The van der Waals surface area contributed by atoms with Gasteiger partial charge >= 0.3 is 5.69 Å². The van der Waals surface area contributed by atoms with Crippen LogP contribution in [-0.4, -0.2) is 31.4 Å². The van der Waals surface area contributed by atoms with Crippen LogP contribution < -0.4 is 5.32 Å². The number of hydrogen-bond donors (Lipinski definition) is 1. The highest BCUT2D eigenvalue weighted by molar-refractivity contribution is 7.99. The standard InChI is InChI=1S/C12H14N6O2S/c1-3-4-15-12-16-8(2)10(18(19)20)11(17-12)21-9-7-13-5-6-14-9/h5-7H,3-4H2,1-2H3,(H,15,16,17). The second-order valence-corrected chi connectivity index (χ2v) is 5.13. The van der Waals surface area contributed by atoms with E-state index in [1.54, 1.807) is 6.92 Å². The van der Waals surface area contributed by atoms with Crippen molar-refractivity contribution in [3.8, 4) is 0 Å². The summed E-state index contributed by atoms with van der Waals surface area (Å²) in [5, 5.41) is 15.0. The van der Waals surface area contributed by atoms with Crippen molar-refractivity contribution < 1.29 is 4.92 Å². The molecule has 0 atom stereocenters. The Balaban J connectivity index is 2.39. The van der Waals surface area contributed by atoms with Crippen molar-refractivity contribution in [2.24, 2.45) is 0 Å². The summed E-state index contributed by atoms with van der Waals surface area (Å²) in [7, 11) is 0. The Bertz CT molecular complexity index is 637. The van der Waals surface area contributed by atoms with Gasteiger partial charge in [-0.25, -0.2) is 9.97 Å². The normalized spacial score (nSPS) is 10.4. The van der Waals surface area contributed by atoms with Gasteiger partial charge in [0, 0.05) is 18.9 Å². The maximum atomic E-state index is 11.2. The van der Waals surface area contributed by atoms with Gasteiger partial charge < -0.3 is 5.32 Å². The summed E-state index contributed by atoms with van der Waals surface area (Å²) < 4.78 is 0. The number of aromatic nitrogens is 4. The summed E-state index contributed by atoms with van der Waals surface area (Å²) >= 11 is 1.10. The molecule has 110 valence electrons. The zero-order chi connectivity index (χ0) is 15.2. The molecule has 0 spiro atoms. The number of nitrogens with one attached hydrogen (secondary N) is 1. The van der Waals surface area contributed by atoms with Crippen LogP contribution in [0.4, 0.5) is 11.6 Å². The molecule has 0 saturated carbocycles. The van der Waals surface area contributed by atoms with Gasteiger partial charge in [0.2, 0.25) is 5.95 Å². The molecule has 0 aromatic carbocycles. The molecule has 2 aromatic heterocycles. The predicted molar refractivity (Wildman–Crippen MR) is 78.4 cm³/mol. The van der Waals surface area contributed by atoms with Crippen molar-refractivity contribution in [3.05, 3.63) is 34.4 Å². The highest BCUT2D eigenvalue weighted by Gasteiger charge is 2.23. The summed E-state index contributed by atoms with van der Waals surface area (Å²) in [6.45, 7) is 4.31. The van der Waals surface area contributed by atoms with Crippen LogP contribution in [0.15, 0.2) is 28.6 Å². The van der Waals surface area contributed by atoms with E-state index in [-0.39, 0.29) is 10.7 Å². The van der Waals surface area contributed by atoms with Crippen molar-refractivity contribution in [2.75, 3.05) is 11.9 Å². The molecule has 1 N–H and O–H groups in total. The number of nitro groups is 1. The van der Waals surface area contributed by atoms with Gasteiger partial charge in [0.05, 0.1) is 11.1 Å². The van der Waals surface area contributed by atoms with Crippen LogP contribution in [0, 0.1) is 17.0 Å². The third-order valence-electron chi connectivity index (χ3n) is 2.48. The molecular formula is C12H14N6O2S. The predicted octanol–water partition coefficient (Wildman–Crippen LogP) is 2.46. The summed E-state index contributed by atoms with van der Waals surface area (Å²) in [6, 6.07) is 0. The van der Waals surface area contributed by atoms with E-state index in [1.807, 2.05) is 6.92 Å².